The zero-order chi connectivity index (χ0) is 28.5. The second-order valence-electron chi connectivity index (χ2n) is 9.80. The minimum Gasteiger partial charge on any atom is -0.493 e. The summed E-state index contributed by atoms with van der Waals surface area (Å²) in [4.78, 5) is 13.1. The Morgan fingerprint density at radius 3 is 1.87 bits per heavy atom. The summed E-state index contributed by atoms with van der Waals surface area (Å²) in [6.07, 6.45) is 11.6. The number of carbonyl (C=O) groups excluding carboxylic acids is 1. The molecule has 0 aromatic heterocycles. The fourth-order valence-corrected chi connectivity index (χ4v) is 4.67. The Kier molecular flexibility index (Phi) is 15.2. The van der Waals surface area contributed by atoms with Crippen LogP contribution in [0.3, 0.4) is 0 Å². The van der Waals surface area contributed by atoms with Gasteiger partial charge in [-0.1, -0.05) is 102 Å². The number of alkyl halides is 3. The van der Waals surface area contributed by atoms with E-state index in [-0.39, 0.29) is 11.3 Å². The van der Waals surface area contributed by atoms with Crippen LogP contribution in [0.4, 0.5) is 18.9 Å². The van der Waals surface area contributed by atoms with Crippen LogP contribution in [-0.4, -0.2) is 19.1 Å². The van der Waals surface area contributed by atoms with Gasteiger partial charge in [0.25, 0.3) is 5.91 Å². The maximum absolute atomic E-state index is 13.2. The van der Waals surface area contributed by atoms with E-state index in [4.69, 9.17) is 21.1 Å². The van der Waals surface area contributed by atoms with Crippen molar-refractivity contribution >= 4 is 23.2 Å². The number of amides is 1. The first kappa shape index (κ1) is 32.8. The molecule has 8 heteroatoms. The number of hydrogen-bond donors (Lipinski definition) is 1. The molecule has 0 aliphatic rings. The van der Waals surface area contributed by atoms with Crippen LogP contribution < -0.4 is 14.8 Å². The molecule has 39 heavy (non-hydrogen) atoms. The molecule has 2 aromatic rings. The number of nitrogens with one attached hydrogen (secondary N) is 1. The average Bonchev–Trinajstić information content (AvgIpc) is 2.89. The number of anilines is 1. The molecular formula is C31H43ClF3NO3. The number of hydrogen-bond acceptors (Lipinski definition) is 3. The monoisotopic (exact) mass is 569 g/mol. The highest BCUT2D eigenvalue weighted by Gasteiger charge is 2.33. The maximum Gasteiger partial charge on any atom is 0.417 e. The van der Waals surface area contributed by atoms with E-state index < -0.39 is 22.7 Å². The van der Waals surface area contributed by atoms with Crippen molar-refractivity contribution in [1.29, 1.82) is 0 Å². The number of unbranched alkanes of at least 4 members (excludes halogenated alkanes) is 12. The van der Waals surface area contributed by atoms with Crippen molar-refractivity contribution in [1.82, 2.24) is 0 Å². The molecule has 0 saturated heterocycles. The Bertz CT molecular complexity index is 998. The lowest BCUT2D eigenvalue weighted by atomic mass is 10.0. The molecule has 4 nitrogen and oxygen atoms in total. The van der Waals surface area contributed by atoms with Crippen molar-refractivity contribution in [3.63, 3.8) is 0 Å². The zero-order valence-electron chi connectivity index (χ0n) is 23.3. The molecule has 0 fully saturated rings. The van der Waals surface area contributed by atoms with Crippen molar-refractivity contribution < 1.29 is 27.4 Å². The van der Waals surface area contributed by atoms with Gasteiger partial charge in [-0.3, -0.25) is 4.79 Å². The summed E-state index contributed by atoms with van der Waals surface area (Å²) in [6.45, 7) is 4.79. The van der Waals surface area contributed by atoms with Gasteiger partial charge in [0.2, 0.25) is 0 Å². The topological polar surface area (TPSA) is 47.6 Å². The summed E-state index contributed by atoms with van der Waals surface area (Å²) in [7, 11) is 0. The van der Waals surface area contributed by atoms with Crippen LogP contribution in [0.1, 0.15) is 113 Å². The van der Waals surface area contributed by atoms with E-state index in [2.05, 4.69) is 12.2 Å². The highest BCUT2D eigenvalue weighted by molar-refractivity contribution is 6.31. The lowest BCUT2D eigenvalue weighted by Crippen LogP contribution is -2.16. The van der Waals surface area contributed by atoms with Crippen molar-refractivity contribution in [2.45, 2.75) is 103 Å². The molecule has 0 spiro atoms. The van der Waals surface area contributed by atoms with Gasteiger partial charge < -0.3 is 14.8 Å². The predicted octanol–water partition coefficient (Wildman–Crippen LogP) is 10.5. The first-order valence-corrected chi connectivity index (χ1v) is 14.7. The van der Waals surface area contributed by atoms with Gasteiger partial charge in [-0.15, -0.1) is 0 Å². The van der Waals surface area contributed by atoms with Crippen LogP contribution in [-0.2, 0) is 6.18 Å². The number of benzene rings is 2. The Morgan fingerprint density at radius 2 is 1.33 bits per heavy atom. The summed E-state index contributed by atoms with van der Waals surface area (Å²) >= 11 is 5.70. The number of ether oxygens (including phenoxy) is 2. The van der Waals surface area contributed by atoms with Gasteiger partial charge in [-0.25, -0.2) is 0 Å². The molecule has 0 saturated carbocycles. The molecule has 2 rings (SSSR count). The number of rotatable bonds is 19. The van der Waals surface area contributed by atoms with E-state index >= 15 is 0 Å². The third-order valence-electron chi connectivity index (χ3n) is 6.55. The highest BCUT2D eigenvalue weighted by atomic mass is 35.5. The normalized spacial score (nSPS) is 11.4. The molecule has 0 aliphatic heterocycles. The first-order chi connectivity index (χ1) is 18.8. The van der Waals surface area contributed by atoms with Crippen molar-refractivity contribution in [2.75, 3.05) is 18.5 Å². The Labute approximate surface area is 236 Å². The third-order valence-corrected chi connectivity index (χ3v) is 6.88. The van der Waals surface area contributed by atoms with E-state index in [1.807, 2.05) is 0 Å². The molecule has 1 N–H and O–H groups in total. The SMILES string of the molecule is CCCCCCCCCCCCCCCOc1cccc(OCC)c1C(=O)Nc1ccc(Cl)c(C(F)(F)F)c1. The van der Waals surface area contributed by atoms with Crippen molar-refractivity contribution in [2.24, 2.45) is 0 Å². The fraction of sp³-hybridized carbons (Fsp3) is 0.581. The number of carbonyl (C=O) groups is 1. The smallest absolute Gasteiger partial charge is 0.417 e. The lowest BCUT2D eigenvalue weighted by molar-refractivity contribution is -0.137. The van der Waals surface area contributed by atoms with E-state index in [0.717, 1.165) is 31.4 Å². The Morgan fingerprint density at radius 1 is 0.795 bits per heavy atom. The van der Waals surface area contributed by atoms with Gasteiger partial charge in [0.15, 0.2) is 0 Å². The standard InChI is InChI=1S/C31H43ClF3NO3/c1-3-5-6-7-8-9-10-11-12-13-14-15-16-22-39-28-19-17-18-27(38-4-2)29(28)30(37)36-24-20-21-26(32)25(23-24)31(33,34)35/h17-21,23H,3-16,22H2,1-2H3,(H,36,37). The summed E-state index contributed by atoms with van der Waals surface area (Å²) in [5.41, 5.74) is -0.887. The van der Waals surface area contributed by atoms with Crippen LogP contribution >= 0.6 is 11.6 Å². The van der Waals surface area contributed by atoms with Gasteiger partial charge in [-0.05, 0) is 43.7 Å². The second-order valence-corrected chi connectivity index (χ2v) is 10.2. The van der Waals surface area contributed by atoms with Crippen LogP contribution in [0.15, 0.2) is 36.4 Å². The van der Waals surface area contributed by atoms with Gasteiger partial charge in [0.1, 0.15) is 17.1 Å². The van der Waals surface area contributed by atoms with E-state index in [1.54, 1.807) is 25.1 Å². The molecule has 0 unspecified atom stereocenters. The second kappa shape index (κ2) is 18.0. The van der Waals surface area contributed by atoms with E-state index in [1.165, 1.54) is 70.3 Å². The van der Waals surface area contributed by atoms with E-state index in [0.29, 0.717) is 24.7 Å². The minimum absolute atomic E-state index is 0.0227. The Hall–Kier alpha value is -2.41. The summed E-state index contributed by atoms with van der Waals surface area (Å²) < 4.78 is 51.3. The molecule has 0 aliphatic carbocycles. The number of halogens is 4. The third kappa shape index (κ3) is 12.1. The predicted molar refractivity (Wildman–Crippen MR) is 153 cm³/mol. The van der Waals surface area contributed by atoms with E-state index in [9.17, 15) is 18.0 Å². The molecule has 0 bridgehead atoms. The van der Waals surface area contributed by atoms with Gasteiger partial charge in [0.05, 0.1) is 23.8 Å². The van der Waals surface area contributed by atoms with Crippen LogP contribution in [0.25, 0.3) is 0 Å². The largest absolute Gasteiger partial charge is 0.493 e. The molecule has 0 radical (unpaired) electrons. The van der Waals surface area contributed by atoms with Crippen LogP contribution in [0, 0.1) is 0 Å². The zero-order valence-corrected chi connectivity index (χ0v) is 24.1. The van der Waals surface area contributed by atoms with Gasteiger partial charge in [-0.2, -0.15) is 13.2 Å². The molecule has 218 valence electrons. The maximum atomic E-state index is 13.2. The quantitative estimate of drug-likeness (QED) is 0.171. The molecule has 1 amide bonds. The van der Waals surface area contributed by atoms with Crippen molar-refractivity contribution in [3.05, 3.63) is 52.5 Å². The first-order valence-electron chi connectivity index (χ1n) is 14.3. The van der Waals surface area contributed by atoms with Gasteiger partial charge in [0, 0.05) is 5.69 Å². The van der Waals surface area contributed by atoms with Crippen LogP contribution in [0.5, 0.6) is 11.5 Å². The molecular weight excluding hydrogens is 527 g/mol. The summed E-state index contributed by atoms with van der Waals surface area (Å²) in [5, 5.41) is 2.10. The summed E-state index contributed by atoms with van der Waals surface area (Å²) in [5.74, 6) is 0.0279. The summed E-state index contributed by atoms with van der Waals surface area (Å²) in [6, 6.07) is 8.29. The molecule has 0 atom stereocenters. The fourth-order valence-electron chi connectivity index (χ4n) is 4.45. The lowest BCUT2D eigenvalue weighted by Gasteiger charge is -2.16. The average molecular weight is 570 g/mol. The molecule has 2 aromatic carbocycles. The minimum atomic E-state index is -4.64. The Balaban J connectivity index is 1.83. The van der Waals surface area contributed by atoms with Gasteiger partial charge >= 0.3 is 6.18 Å². The van der Waals surface area contributed by atoms with Crippen LogP contribution in [0.2, 0.25) is 5.02 Å². The van der Waals surface area contributed by atoms with Crippen molar-refractivity contribution in [3.8, 4) is 11.5 Å². The highest BCUT2D eigenvalue weighted by Crippen LogP contribution is 2.37. The molecule has 0 heterocycles.